The van der Waals surface area contributed by atoms with Crippen LogP contribution in [0.1, 0.15) is 83.4 Å². The predicted octanol–water partition coefficient (Wildman–Crippen LogP) is 6.79. The number of hydrogen-bond donors (Lipinski definition) is 4. The summed E-state index contributed by atoms with van der Waals surface area (Å²) in [7, 11) is 2.76. The van der Waals surface area contributed by atoms with Crippen LogP contribution in [-0.2, 0) is 32.0 Å². The Morgan fingerprint density at radius 3 is 2.46 bits per heavy atom. The number of rotatable bonds is 17. The Balaban J connectivity index is 0.976. The third-order valence-corrected chi connectivity index (χ3v) is 10.4. The maximum atomic E-state index is 13.8. The lowest BCUT2D eigenvalue weighted by molar-refractivity contribution is -0.140. The molecule has 0 saturated heterocycles. The summed E-state index contributed by atoms with van der Waals surface area (Å²) in [5.41, 5.74) is 3.59. The zero-order valence-electron chi connectivity index (χ0n) is 36.8. The van der Waals surface area contributed by atoms with E-state index in [-0.39, 0.29) is 61.8 Å². The summed E-state index contributed by atoms with van der Waals surface area (Å²) >= 11 is 0. The molecule has 0 aliphatic carbocycles. The van der Waals surface area contributed by atoms with Gasteiger partial charge < -0.3 is 49.2 Å². The highest BCUT2D eigenvalue weighted by Gasteiger charge is 2.36. The molecule has 0 saturated carbocycles. The van der Waals surface area contributed by atoms with Crippen molar-refractivity contribution in [2.75, 3.05) is 49.4 Å². The van der Waals surface area contributed by atoms with Gasteiger partial charge >= 0.3 is 12.1 Å². The Morgan fingerprint density at radius 1 is 0.862 bits per heavy atom. The molecule has 2 aromatic heterocycles. The molecule has 1 atom stereocenters. The zero-order valence-corrected chi connectivity index (χ0v) is 36.8. The van der Waals surface area contributed by atoms with Crippen LogP contribution >= 0.6 is 0 Å². The number of nitrogens with zero attached hydrogens (tertiary/aromatic N) is 3. The number of carbonyl (C=O) groups is 6. The zero-order chi connectivity index (χ0) is 46.3. The average molecular weight is 890 g/mol. The van der Waals surface area contributed by atoms with Crippen LogP contribution in [0.2, 0.25) is 0 Å². The molecule has 5 aromatic rings. The van der Waals surface area contributed by atoms with Crippen molar-refractivity contribution in [1.82, 2.24) is 15.2 Å². The first kappa shape index (κ1) is 45.4. The van der Waals surface area contributed by atoms with Gasteiger partial charge in [0, 0.05) is 67.7 Å². The number of para-hydroxylation sites is 1. The second-order valence-electron chi connectivity index (χ2n) is 16.4. The first-order chi connectivity index (χ1) is 31.2. The van der Waals surface area contributed by atoms with Crippen molar-refractivity contribution >= 4 is 75.6 Å². The van der Waals surface area contributed by atoms with E-state index in [4.69, 9.17) is 18.6 Å². The molecule has 340 valence electrons. The second-order valence-corrected chi connectivity index (χ2v) is 16.4. The Bertz CT molecular complexity index is 2660. The fraction of sp³-hybridized carbons (Fsp3) is 0.340. The van der Waals surface area contributed by atoms with Gasteiger partial charge in [-0.05, 0) is 81.6 Å². The van der Waals surface area contributed by atoms with E-state index in [2.05, 4.69) is 31.0 Å². The van der Waals surface area contributed by atoms with Crippen LogP contribution in [0.25, 0.3) is 11.0 Å². The normalized spacial score (nSPS) is 13.8. The molecule has 7 rings (SSSR count). The molecule has 2 aliphatic rings. The van der Waals surface area contributed by atoms with Gasteiger partial charge in [0.1, 0.15) is 16.9 Å². The molecule has 4 heterocycles. The number of amides is 5. The molecule has 5 amide bonds. The number of ether oxygens (including phenoxy) is 4. The van der Waals surface area contributed by atoms with Gasteiger partial charge in [-0.2, -0.15) is 0 Å². The van der Waals surface area contributed by atoms with Crippen molar-refractivity contribution in [3.05, 3.63) is 95.5 Å². The number of fused-ring (bicyclic) bond motifs is 5. The molecule has 0 spiro atoms. The van der Waals surface area contributed by atoms with Crippen LogP contribution in [0.3, 0.4) is 0 Å². The third-order valence-electron chi connectivity index (χ3n) is 10.4. The maximum absolute atomic E-state index is 13.8. The Kier molecular flexibility index (Phi) is 13.8. The monoisotopic (exact) mass is 889 g/mol. The van der Waals surface area contributed by atoms with Crippen LogP contribution in [-0.4, -0.2) is 92.0 Å². The van der Waals surface area contributed by atoms with E-state index in [9.17, 15) is 28.8 Å². The van der Waals surface area contributed by atoms with Gasteiger partial charge in [0.05, 0.1) is 50.2 Å². The molecule has 0 radical (unpaired) electrons. The van der Waals surface area contributed by atoms with Crippen molar-refractivity contribution in [2.24, 2.45) is 4.99 Å². The number of hydrogen-bond acceptors (Lipinski definition) is 12. The minimum atomic E-state index is -0.662. The highest BCUT2D eigenvalue weighted by atomic mass is 16.6. The average Bonchev–Trinajstić information content (AvgIpc) is 3.97. The fourth-order valence-electron chi connectivity index (χ4n) is 7.43. The van der Waals surface area contributed by atoms with Gasteiger partial charge in [0.15, 0.2) is 17.3 Å². The molecule has 18 nitrogen and oxygen atoms in total. The fourth-order valence-corrected chi connectivity index (χ4v) is 7.43. The van der Waals surface area contributed by atoms with Crippen molar-refractivity contribution in [1.29, 1.82) is 0 Å². The van der Waals surface area contributed by atoms with Crippen LogP contribution in [0, 0.1) is 0 Å². The molecular formula is C47H51N7O11. The number of benzene rings is 3. The van der Waals surface area contributed by atoms with E-state index < -0.39 is 29.5 Å². The Morgan fingerprint density at radius 2 is 1.68 bits per heavy atom. The first-order valence-corrected chi connectivity index (χ1v) is 21.2. The summed E-state index contributed by atoms with van der Waals surface area (Å²) in [6, 6.07) is 18.9. The summed E-state index contributed by atoms with van der Waals surface area (Å²) in [4.78, 5) is 83.4. The second kappa shape index (κ2) is 19.8. The third kappa shape index (κ3) is 11.1. The molecule has 0 fully saturated rings. The van der Waals surface area contributed by atoms with Crippen molar-refractivity contribution in [3.8, 4) is 11.5 Å². The van der Waals surface area contributed by atoms with Crippen LogP contribution in [0.5, 0.6) is 11.5 Å². The number of aromatic nitrogens is 1. The van der Waals surface area contributed by atoms with Crippen molar-refractivity contribution in [2.45, 2.75) is 71.1 Å². The topological polar surface area (TPSA) is 221 Å². The van der Waals surface area contributed by atoms with E-state index in [1.807, 2.05) is 24.3 Å². The number of aryl methyl sites for hydroxylation is 1. The first-order valence-electron chi connectivity index (χ1n) is 21.2. The molecule has 3 aromatic carbocycles. The number of methoxy groups -OCH3 is 2. The van der Waals surface area contributed by atoms with Crippen LogP contribution in [0.4, 0.5) is 27.5 Å². The van der Waals surface area contributed by atoms with E-state index in [0.29, 0.717) is 70.9 Å². The minimum absolute atomic E-state index is 0.00567. The number of aliphatic imine (C=N–C) groups is 1. The van der Waals surface area contributed by atoms with Crippen molar-refractivity contribution < 1.29 is 52.1 Å². The van der Waals surface area contributed by atoms with E-state index >= 15 is 0 Å². The summed E-state index contributed by atoms with van der Waals surface area (Å²) in [6.45, 7) is 6.10. The molecule has 4 N–H and O–H groups in total. The lowest BCUT2D eigenvalue weighted by atomic mass is 10.1. The van der Waals surface area contributed by atoms with E-state index in [1.165, 1.54) is 20.3 Å². The number of furan rings is 1. The smallest absolute Gasteiger partial charge is 0.407 e. The summed E-state index contributed by atoms with van der Waals surface area (Å²) in [6.07, 6.45) is 4.40. The Hall–Kier alpha value is -7.63. The summed E-state index contributed by atoms with van der Waals surface area (Å²) < 4.78 is 28.9. The van der Waals surface area contributed by atoms with E-state index in [1.54, 1.807) is 79.0 Å². The molecular weight excluding hydrogens is 839 g/mol. The highest BCUT2D eigenvalue weighted by Crippen LogP contribution is 2.41. The van der Waals surface area contributed by atoms with Gasteiger partial charge in [-0.15, -0.1) is 0 Å². The molecule has 2 aliphatic heterocycles. The molecule has 18 heteroatoms. The summed E-state index contributed by atoms with van der Waals surface area (Å²) in [5.74, 6) is -1.16. The van der Waals surface area contributed by atoms with Gasteiger partial charge in [0.2, 0.25) is 5.91 Å². The van der Waals surface area contributed by atoms with Gasteiger partial charge in [-0.1, -0.05) is 18.2 Å². The Labute approximate surface area is 374 Å². The minimum Gasteiger partial charge on any atom is -0.493 e. The van der Waals surface area contributed by atoms with E-state index in [0.717, 1.165) is 11.3 Å². The number of anilines is 3. The lowest BCUT2D eigenvalue weighted by Gasteiger charge is -2.22. The van der Waals surface area contributed by atoms with Crippen LogP contribution < -0.4 is 35.6 Å². The quantitative estimate of drug-likeness (QED) is 0.0563. The number of nitrogens with one attached hydrogen (secondary N) is 4. The highest BCUT2D eigenvalue weighted by molar-refractivity contribution is 6.15. The SMILES string of the molecule is COC(=O)CCNC(=O)c1cc2cc(NC(=O)c3cc(NC(=O)CCCOc4cc5c(cc4OC)C(=O)N4c6ccccc6C[C@H]4C=N5)cn3CCCNC(=O)OC(C)(C)C)ccc2o1. The van der Waals surface area contributed by atoms with Gasteiger partial charge in [0.25, 0.3) is 17.7 Å². The molecule has 65 heavy (non-hydrogen) atoms. The number of carbonyl (C=O) groups excluding carboxylic acids is 6. The van der Waals surface area contributed by atoms with Crippen molar-refractivity contribution in [3.63, 3.8) is 0 Å². The van der Waals surface area contributed by atoms with Gasteiger partial charge in [-0.25, -0.2) is 4.79 Å². The number of alkyl carbamates (subject to hydrolysis) is 1. The number of esters is 1. The standard InChI is InChI=1S/C47H51N7O11/c1-47(2,3)65-46(60)49-16-9-18-53-27-31(23-36(53)43(57)52-30-13-14-37-29(20-30)22-40(64-37)44(58)48-17-15-42(56)62-5)51-41(55)12-8-19-63-39-25-34-33(24-38(39)61-4)45(59)54-32(26-50-34)21-28-10-6-7-11-35(28)54/h6-7,10-11,13-14,20,22-27,32H,8-9,12,15-19,21H2,1-5H3,(H,48,58)(H,49,60)(H,51,55)(H,52,57)/t32-/m0/s1. The molecule has 0 unspecified atom stereocenters. The maximum Gasteiger partial charge on any atom is 0.407 e. The molecule has 0 bridgehead atoms. The largest absolute Gasteiger partial charge is 0.493 e. The summed E-state index contributed by atoms with van der Waals surface area (Å²) in [5, 5.41) is 11.6. The lowest BCUT2D eigenvalue weighted by Crippen LogP contribution is -2.37. The predicted molar refractivity (Wildman–Crippen MR) is 242 cm³/mol. The van der Waals surface area contributed by atoms with Gasteiger partial charge in [-0.3, -0.25) is 33.9 Å². The van der Waals surface area contributed by atoms with Crippen LogP contribution in [0.15, 0.2) is 82.3 Å².